The molecule has 0 aliphatic carbocycles. The largest absolute Gasteiger partial charge is 0.396 e. The standard InChI is InChI=1S/C6H14O/c1-2-3-4-5-6-7/h7H,2-6H2,1H3/i1+1,2+1,3+1,4+1,5+1,6+1. The van der Waals surface area contributed by atoms with Gasteiger partial charge in [0.15, 0.2) is 0 Å². The lowest BCUT2D eigenvalue weighted by atomic mass is 11.2. The monoisotopic (exact) mass is 108 g/mol. The Morgan fingerprint density at radius 3 is 2.29 bits per heavy atom. The van der Waals surface area contributed by atoms with Crippen molar-refractivity contribution in [1.82, 2.24) is 0 Å². The first-order valence-electron chi connectivity index (χ1n) is 3.02. The van der Waals surface area contributed by atoms with E-state index in [0.29, 0.717) is 6.61 Å². The van der Waals surface area contributed by atoms with E-state index < -0.39 is 0 Å². The quantitative estimate of drug-likeness (QED) is 0.428. The third-order valence-electron chi connectivity index (χ3n) is 1.01. The van der Waals surface area contributed by atoms with Gasteiger partial charge in [-0.25, -0.2) is 0 Å². The second kappa shape index (κ2) is 5.96. The smallest absolute Gasteiger partial charge is 0.0431 e. The van der Waals surface area contributed by atoms with Crippen molar-refractivity contribution in [3.05, 3.63) is 0 Å². The molecule has 0 rings (SSSR count). The molecule has 0 fully saturated rings. The average molecular weight is 108 g/mol. The summed E-state index contributed by atoms with van der Waals surface area (Å²) in [5.41, 5.74) is 0. The molecule has 7 heavy (non-hydrogen) atoms. The predicted octanol–water partition coefficient (Wildman–Crippen LogP) is 1.56. The second-order valence-electron chi connectivity index (χ2n) is 1.78. The average Bonchev–Trinajstić information content (AvgIpc) is 1.69. The van der Waals surface area contributed by atoms with E-state index in [1.54, 1.807) is 0 Å². The molecule has 0 aromatic rings. The van der Waals surface area contributed by atoms with E-state index in [4.69, 9.17) is 5.11 Å². The highest BCUT2D eigenvalue weighted by atomic mass is 16.3. The zero-order valence-corrected chi connectivity index (χ0v) is 4.98. The van der Waals surface area contributed by atoms with Gasteiger partial charge in [-0.3, -0.25) is 0 Å². The van der Waals surface area contributed by atoms with Crippen LogP contribution in [0.3, 0.4) is 0 Å². The fourth-order valence-electron chi connectivity index (χ4n) is 0.539. The fourth-order valence-corrected chi connectivity index (χ4v) is 0.539. The summed E-state index contributed by atoms with van der Waals surface area (Å²) in [5.74, 6) is 0. The fraction of sp³-hybridized carbons (Fsp3) is 1.00. The van der Waals surface area contributed by atoms with E-state index in [1.165, 1.54) is 19.3 Å². The maximum atomic E-state index is 8.29. The maximum Gasteiger partial charge on any atom is 0.0431 e. The molecule has 0 aromatic carbocycles. The van der Waals surface area contributed by atoms with E-state index in [2.05, 4.69) is 6.92 Å². The van der Waals surface area contributed by atoms with E-state index >= 15 is 0 Å². The minimum atomic E-state index is 0.361. The minimum absolute atomic E-state index is 0.361. The SMILES string of the molecule is [13CH3][13CH2][13CH2][13CH2][13CH2][13CH2]O. The van der Waals surface area contributed by atoms with Gasteiger partial charge in [-0.05, 0) is 6.42 Å². The summed E-state index contributed by atoms with van der Waals surface area (Å²) in [6.07, 6.45) is 4.68. The number of hydrogen-bond donors (Lipinski definition) is 1. The summed E-state index contributed by atoms with van der Waals surface area (Å²) in [7, 11) is 0. The highest BCUT2D eigenvalue weighted by Crippen LogP contribution is 1.95. The van der Waals surface area contributed by atoms with Crippen molar-refractivity contribution in [2.24, 2.45) is 0 Å². The van der Waals surface area contributed by atoms with Crippen molar-refractivity contribution in [1.29, 1.82) is 0 Å². The molecular formula is C6H14O. The first-order chi connectivity index (χ1) is 3.41. The van der Waals surface area contributed by atoms with Crippen LogP contribution in [0.5, 0.6) is 0 Å². The van der Waals surface area contributed by atoms with Gasteiger partial charge in [0.05, 0.1) is 0 Å². The van der Waals surface area contributed by atoms with Crippen LogP contribution in [0.1, 0.15) is 32.6 Å². The van der Waals surface area contributed by atoms with Crippen molar-refractivity contribution in [2.75, 3.05) is 6.61 Å². The summed E-state index contributed by atoms with van der Waals surface area (Å²) in [6.45, 7) is 2.53. The molecular weight excluding hydrogens is 94.0 g/mol. The molecule has 0 aliphatic heterocycles. The van der Waals surface area contributed by atoms with Gasteiger partial charge < -0.3 is 5.11 Å². The summed E-state index contributed by atoms with van der Waals surface area (Å²) in [6, 6.07) is 0. The molecule has 0 unspecified atom stereocenters. The topological polar surface area (TPSA) is 20.2 Å². The van der Waals surface area contributed by atoms with Crippen molar-refractivity contribution < 1.29 is 5.11 Å². The third kappa shape index (κ3) is 5.96. The Morgan fingerprint density at radius 2 is 1.86 bits per heavy atom. The van der Waals surface area contributed by atoms with Crippen molar-refractivity contribution in [2.45, 2.75) is 32.6 Å². The normalized spacial score (nSPS) is 9.43. The first kappa shape index (κ1) is 6.96. The molecule has 0 aliphatic rings. The maximum absolute atomic E-state index is 8.29. The summed E-state index contributed by atoms with van der Waals surface area (Å²) < 4.78 is 0. The number of hydrogen-bond acceptors (Lipinski definition) is 1. The van der Waals surface area contributed by atoms with E-state index in [1.807, 2.05) is 0 Å². The molecule has 0 aromatic heterocycles. The van der Waals surface area contributed by atoms with Crippen LogP contribution < -0.4 is 0 Å². The highest BCUT2D eigenvalue weighted by molar-refractivity contribution is 4.35. The Morgan fingerprint density at radius 1 is 1.14 bits per heavy atom. The van der Waals surface area contributed by atoms with Crippen molar-refractivity contribution >= 4 is 0 Å². The lowest BCUT2D eigenvalue weighted by Gasteiger charge is -1.90. The number of unbranched alkanes of at least 4 members (excludes halogenated alkanes) is 3. The Balaban J connectivity index is 2.45. The second-order valence-corrected chi connectivity index (χ2v) is 1.78. The molecule has 0 radical (unpaired) electrons. The minimum Gasteiger partial charge on any atom is -0.396 e. The van der Waals surface area contributed by atoms with E-state index in [9.17, 15) is 0 Å². The summed E-state index contributed by atoms with van der Waals surface area (Å²) in [4.78, 5) is 0. The van der Waals surface area contributed by atoms with E-state index in [-0.39, 0.29) is 0 Å². The Hall–Kier alpha value is -0.0400. The molecule has 1 heteroatoms. The Bertz CT molecular complexity index is 23.4. The van der Waals surface area contributed by atoms with Gasteiger partial charge in [0.25, 0.3) is 0 Å². The highest BCUT2D eigenvalue weighted by Gasteiger charge is 1.80. The zero-order chi connectivity index (χ0) is 5.54. The van der Waals surface area contributed by atoms with Crippen LogP contribution in [-0.2, 0) is 0 Å². The van der Waals surface area contributed by atoms with Crippen LogP contribution in [0.2, 0.25) is 0 Å². The number of rotatable bonds is 4. The zero-order valence-electron chi connectivity index (χ0n) is 4.98. The molecule has 0 spiro atoms. The van der Waals surface area contributed by atoms with Crippen LogP contribution in [0.4, 0.5) is 0 Å². The molecule has 0 atom stereocenters. The molecule has 1 nitrogen and oxygen atoms in total. The van der Waals surface area contributed by atoms with Crippen molar-refractivity contribution in [3.8, 4) is 0 Å². The predicted molar refractivity (Wildman–Crippen MR) is 31.2 cm³/mol. The van der Waals surface area contributed by atoms with Crippen LogP contribution in [-0.4, -0.2) is 11.7 Å². The van der Waals surface area contributed by atoms with E-state index in [0.717, 1.165) is 6.42 Å². The first-order valence-corrected chi connectivity index (χ1v) is 3.02. The lowest BCUT2D eigenvalue weighted by molar-refractivity contribution is 0.283. The van der Waals surface area contributed by atoms with Crippen molar-refractivity contribution in [3.63, 3.8) is 0 Å². The number of aliphatic hydroxyl groups excluding tert-OH is 1. The third-order valence-corrected chi connectivity index (χ3v) is 1.01. The summed E-state index contributed by atoms with van der Waals surface area (Å²) >= 11 is 0. The van der Waals surface area contributed by atoms with Gasteiger partial charge in [0, 0.05) is 6.61 Å². The van der Waals surface area contributed by atoms with Crippen LogP contribution >= 0.6 is 0 Å². The Kier molecular flexibility index (Phi) is 5.93. The van der Waals surface area contributed by atoms with Crippen LogP contribution in [0, 0.1) is 0 Å². The van der Waals surface area contributed by atoms with Crippen LogP contribution in [0.25, 0.3) is 0 Å². The van der Waals surface area contributed by atoms with Gasteiger partial charge in [-0.2, -0.15) is 0 Å². The molecule has 0 saturated heterocycles. The summed E-state index contributed by atoms with van der Waals surface area (Å²) in [5, 5.41) is 8.29. The number of aliphatic hydroxyl groups is 1. The van der Waals surface area contributed by atoms with Gasteiger partial charge in [-0.1, -0.05) is 26.2 Å². The van der Waals surface area contributed by atoms with Gasteiger partial charge in [0.1, 0.15) is 0 Å². The van der Waals surface area contributed by atoms with Gasteiger partial charge in [-0.15, -0.1) is 0 Å². The molecule has 1 N–H and O–H groups in total. The molecule has 0 saturated carbocycles. The molecule has 44 valence electrons. The lowest BCUT2D eigenvalue weighted by Crippen LogP contribution is -1.80. The van der Waals surface area contributed by atoms with Gasteiger partial charge >= 0.3 is 0 Å². The van der Waals surface area contributed by atoms with Gasteiger partial charge in [0.2, 0.25) is 0 Å². The molecule has 0 bridgehead atoms. The Labute approximate surface area is 45.4 Å². The molecule has 0 heterocycles. The molecule has 0 amide bonds. The van der Waals surface area contributed by atoms with Crippen LogP contribution in [0.15, 0.2) is 0 Å².